The second-order valence-corrected chi connectivity index (χ2v) is 7.14. The summed E-state index contributed by atoms with van der Waals surface area (Å²) in [6, 6.07) is 12.2. The van der Waals surface area contributed by atoms with Crippen LogP contribution in [0.1, 0.15) is 18.1 Å². The van der Waals surface area contributed by atoms with Crippen molar-refractivity contribution in [2.45, 2.75) is 25.7 Å². The lowest BCUT2D eigenvalue weighted by Crippen LogP contribution is -2.27. The zero-order valence-electron chi connectivity index (χ0n) is 13.3. The molecular formula is C17H21NO3S. The Morgan fingerprint density at radius 2 is 1.68 bits per heavy atom. The summed E-state index contributed by atoms with van der Waals surface area (Å²) in [6.07, 6.45) is 0. The lowest BCUT2D eigenvalue weighted by Gasteiger charge is -2.22. The first-order chi connectivity index (χ1) is 10.4. The molecule has 0 amide bonds. The molecule has 2 rings (SSSR count). The summed E-state index contributed by atoms with van der Waals surface area (Å²) in [4.78, 5) is 0.249. The molecule has 0 saturated heterocycles. The molecule has 4 nitrogen and oxygen atoms in total. The third kappa shape index (κ3) is 3.25. The molecule has 0 aliphatic heterocycles. The molecule has 0 spiro atoms. The van der Waals surface area contributed by atoms with E-state index in [1.165, 1.54) is 4.31 Å². The Morgan fingerprint density at radius 3 is 2.23 bits per heavy atom. The number of sulfonamides is 1. The fourth-order valence-corrected chi connectivity index (χ4v) is 3.58. The zero-order chi connectivity index (χ0) is 16.3. The summed E-state index contributed by atoms with van der Waals surface area (Å²) in [5.74, 6) is 0.663. The van der Waals surface area contributed by atoms with Crippen molar-refractivity contribution in [3.05, 3.63) is 53.6 Å². The Bertz CT molecular complexity index is 752. The van der Waals surface area contributed by atoms with Gasteiger partial charge in [-0.1, -0.05) is 17.7 Å². The van der Waals surface area contributed by atoms with Gasteiger partial charge >= 0.3 is 0 Å². The molecule has 0 aromatic heterocycles. The second-order valence-electron chi connectivity index (χ2n) is 5.17. The Morgan fingerprint density at radius 1 is 1.05 bits per heavy atom. The molecule has 2 aromatic rings. The van der Waals surface area contributed by atoms with Crippen molar-refractivity contribution in [2.75, 3.05) is 18.0 Å². The van der Waals surface area contributed by atoms with Crippen LogP contribution >= 0.6 is 0 Å². The highest BCUT2D eigenvalue weighted by Crippen LogP contribution is 2.26. The van der Waals surface area contributed by atoms with Gasteiger partial charge in [0, 0.05) is 7.05 Å². The summed E-state index contributed by atoms with van der Waals surface area (Å²) < 4.78 is 32.1. The lowest BCUT2D eigenvalue weighted by molar-refractivity contribution is 0.340. The summed E-state index contributed by atoms with van der Waals surface area (Å²) in [6.45, 7) is 6.33. The van der Waals surface area contributed by atoms with Crippen LogP contribution in [-0.4, -0.2) is 22.1 Å². The molecule has 22 heavy (non-hydrogen) atoms. The van der Waals surface area contributed by atoms with E-state index in [0.717, 1.165) is 11.1 Å². The smallest absolute Gasteiger partial charge is 0.264 e. The molecule has 5 heteroatoms. The van der Waals surface area contributed by atoms with E-state index in [1.54, 1.807) is 31.3 Å². The van der Waals surface area contributed by atoms with Gasteiger partial charge < -0.3 is 4.74 Å². The minimum absolute atomic E-state index is 0.249. The second kappa shape index (κ2) is 6.40. The minimum Gasteiger partial charge on any atom is -0.494 e. The summed E-state index contributed by atoms with van der Waals surface area (Å²) in [5.41, 5.74) is 2.71. The Kier molecular flexibility index (Phi) is 4.76. The van der Waals surface area contributed by atoms with Crippen LogP contribution in [-0.2, 0) is 10.0 Å². The molecule has 118 valence electrons. The fourth-order valence-electron chi connectivity index (χ4n) is 2.32. The fraction of sp³-hybridized carbons (Fsp3) is 0.294. The van der Waals surface area contributed by atoms with Crippen molar-refractivity contribution in [1.82, 2.24) is 0 Å². The van der Waals surface area contributed by atoms with Gasteiger partial charge in [-0.3, -0.25) is 4.31 Å². The molecule has 0 heterocycles. The standard InChI is InChI=1S/C17H21NO3S/c1-5-21-15-7-9-16(10-8-15)22(19,20)18(4)17-11-6-13(2)12-14(17)3/h6-12H,5H2,1-4H3. The highest BCUT2D eigenvalue weighted by Gasteiger charge is 2.22. The quantitative estimate of drug-likeness (QED) is 0.847. The van der Waals surface area contributed by atoms with E-state index >= 15 is 0 Å². The Balaban J connectivity index is 2.36. The largest absolute Gasteiger partial charge is 0.494 e. The summed E-state index contributed by atoms with van der Waals surface area (Å²) in [5, 5.41) is 0. The first-order valence-corrected chi connectivity index (χ1v) is 8.59. The van der Waals surface area contributed by atoms with Gasteiger partial charge in [0.2, 0.25) is 0 Å². The third-order valence-corrected chi connectivity index (χ3v) is 5.27. The average molecular weight is 319 g/mol. The maximum atomic E-state index is 12.7. The molecule has 0 radical (unpaired) electrons. The van der Waals surface area contributed by atoms with Crippen LogP contribution in [0.25, 0.3) is 0 Å². The van der Waals surface area contributed by atoms with Crippen LogP contribution in [0.4, 0.5) is 5.69 Å². The van der Waals surface area contributed by atoms with E-state index in [4.69, 9.17) is 4.74 Å². The van der Waals surface area contributed by atoms with Crippen LogP contribution in [0.2, 0.25) is 0 Å². The molecular weight excluding hydrogens is 298 g/mol. The molecule has 0 atom stereocenters. The summed E-state index contributed by atoms with van der Waals surface area (Å²) in [7, 11) is -2.01. The summed E-state index contributed by atoms with van der Waals surface area (Å²) >= 11 is 0. The maximum Gasteiger partial charge on any atom is 0.264 e. The molecule has 0 aliphatic carbocycles. The van der Waals surface area contributed by atoms with E-state index in [0.29, 0.717) is 18.0 Å². The molecule has 2 aromatic carbocycles. The third-order valence-electron chi connectivity index (χ3n) is 3.48. The van der Waals surface area contributed by atoms with Gasteiger partial charge in [0.15, 0.2) is 0 Å². The monoisotopic (exact) mass is 319 g/mol. The van der Waals surface area contributed by atoms with Gasteiger partial charge in [0.1, 0.15) is 5.75 Å². The van der Waals surface area contributed by atoms with Crippen LogP contribution < -0.4 is 9.04 Å². The van der Waals surface area contributed by atoms with Crippen molar-refractivity contribution in [2.24, 2.45) is 0 Å². The lowest BCUT2D eigenvalue weighted by atomic mass is 10.1. The normalized spacial score (nSPS) is 11.3. The maximum absolute atomic E-state index is 12.7. The number of rotatable bonds is 5. The van der Waals surface area contributed by atoms with Crippen molar-refractivity contribution in [1.29, 1.82) is 0 Å². The highest BCUT2D eigenvalue weighted by atomic mass is 32.2. The first-order valence-electron chi connectivity index (χ1n) is 7.15. The predicted octanol–water partition coefficient (Wildman–Crippen LogP) is 3.53. The molecule has 0 saturated carbocycles. The molecule has 0 fully saturated rings. The zero-order valence-corrected chi connectivity index (χ0v) is 14.1. The number of ether oxygens (including phenoxy) is 1. The number of benzene rings is 2. The molecule has 0 N–H and O–H groups in total. The van der Waals surface area contributed by atoms with Crippen LogP contribution in [0.5, 0.6) is 5.75 Å². The van der Waals surface area contributed by atoms with E-state index in [9.17, 15) is 8.42 Å². The minimum atomic E-state index is -3.58. The number of aryl methyl sites for hydroxylation is 2. The SMILES string of the molecule is CCOc1ccc(S(=O)(=O)N(C)c2ccc(C)cc2C)cc1. The Labute approximate surface area is 132 Å². The topological polar surface area (TPSA) is 46.6 Å². The van der Waals surface area contributed by atoms with Crippen LogP contribution in [0, 0.1) is 13.8 Å². The predicted molar refractivity (Wildman–Crippen MR) is 89.1 cm³/mol. The van der Waals surface area contributed by atoms with E-state index in [-0.39, 0.29) is 4.90 Å². The molecule has 0 bridgehead atoms. The van der Waals surface area contributed by atoms with Crippen LogP contribution in [0.15, 0.2) is 47.4 Å². The van der Waals surface area contributed by atoms with Gasteiger partial charge in [0.25, 0.3) is 10.0 Å². The van der Waals surface area contributed by atoms with Crippen molar-refractivity contribution < 1.29 is 13.2 Å². The van der Waals surface area contributed by atoms with Gasteiger partial charge in [-0.2, -0.15) is 0 Å². The van der Waals surface area contributed by atoms with Gasteiger partial charge in [0.05, 0.1) is 17.2 Å². The van der Waals surface area contributed by atoms with Crippen molar-refractivity contribution in [3.8, 4) is 5.75 Å². The van der Waals surface area contributed by atoms with Crippen molar-refractivity contribution in [3.63, 3.8) is 0 Å². The average Bonchev–Trinajstić information content (AvgIpc) is 2.47. The molecule has 0 unspecified atom stereocenters. The van der Waals surface area contributed by atoms with Crippen LogP contribution in [0.3, 0.4) is 0 Å². The van der Waals surface area contributed by atoms with E-state index in [2.05, 4.69) is 0 Å². The van der Waals surface area contributed by atoms with E-state index < -0.39 is 10.0 Å². The van der Waals surface area contributed by atoms with Crippen molar-refractivity contribution >= 4 is 15.7 Å². The molecule has 0 aliphatic rings. The first kappa shape index (κ1) is 16.4. The number of hydrogen-bond donors (Lipinski definition) is 0. The van der Waals surface area contributed by atoms with E-state index in [1.807, 2.05) is 39.0 Å². The highest BCUT2D eigenvalue weighted by molar-refractivity contribution is 7.92. The number of hydrogen-bond acceptors (Lipinski definition) is 3. The van der Waals surface area contributed by atoms with Gasteiger partial charge in [-0.05, 0) is 56.7 Å². The number of nitrogens with zero attached hydrogens (tertiary/aromatic N) is 1. The Hall–Kier alpha value is -2.01. The number of anilines is 1. The van der Waals surface area contributed by atoms with Gasteiger partial charge in [-0.25, -0.2) is 8.42 Å². The van der Waals surface area contributed by atoms with Gasteiger partial charge in [-0.15, -0.1) is 0 Å².